The Hall–Kier alpha value is -4.61. The van der Waals surface area contributed by atoms with E-state index < -0.39 is 40.7 Å². The molecular weight excluding hydrogens is 540 g/mol. The molecule has 0 aliphatic carbocycles. The van der Waals surface area contributed by atoms with Crippen LogP contribution in [0.15, 0.2) is 41.3 Å². The Kier molecular flexibility index (Phi) is 7.33. The summed E-state index contributed by atoms with van der Waals surface area (Å²) in [5.41, 5.74) is 0.588. The summed E-state index contributed by atoms with van der Waals surface area (Å²) < 4.78 is 40.5. The first kappa shape index (κ1) is 27.9. The minimum atomic E-state index is -1.52. The first-order valence-corrected chi connectivity index (χ1v) is 13.1. The number of halogens is 2. The fourth-order valence-electron chi connectivity index (χ4n) is 5.32. The number of hydrogen-bond acceptors (Lipinski definition) is 8. The molecular formula is C29H27F2N3O7. The van der Waals surface area contributed by atoms with Crippen LogP contribution in [0.3, 0.4) is 0 Å². The number of allylic oxidation sites excluding steroid dienone is 1. The highest BCUT2D eigenvalue weighted by molar-refractivity contribution is 5.84. The number of benzene rings is 1. The van der Waals surface area contributed by atoms with Crippen molar-refractivity contribution in [1.29, 1.82) is 0 Å². The van der Waals surface area contributed by atoms with Crippen molar-refractivity contribution in [1.82, 2.24) is 14.9 Å². The zero-order valence-electron chi connectivity index (χ0n) is 22.2. The van der Waals surface area contributed by atoms with Gasteiger partial charge in [0, 0.05) is 34.7 Å². The van der Waals surface area contributed by atoms with Crippen molar-refractivity contribution in [3.8, 4) is 11.4 Å². The highest BCUT2D eigenvalue weighted by Gasteiger charge is 2.44. The number of carbonyl (C=O) groups is 3. The van der Waals surface area contributed by atoms with Gasteiger partial charge in [0.25, 0.3) is 5.56 Å². The van der Waals surface area contributed by atoms with Gasteiger partial charge in [0.2, 0.25) is 0 Å². The maximum atomic E-state index is 13.9. The fraction of sp³-hybridized carbons (Fsp3) is 0.345. The van der Waals surface area contributed by atoms with Crippen molar-refractivity contribution in [2.24, 2.45) is 0 Å². The van der Waals surface area contributed by atoms with Gasteiger partial charge in [-0.15, -0.1) is 0 Å². The number of ether oxygens (including phenoxy) is 2. The minimum Gasteiger partial charge on any atom is -0.481 e. The number of aromatic nitrogens is 2. The number of fused-ring (bicyclic) bond motifs is 5. The summed E-state index contributed by atoms with van der Waals surface area (Å²) in [6.07, 6.45) is 0.464. The van der Waals surface area contributed by atoms with Crippen molar-refractivity contribution in [2.45, 2.75) is 57.8 Å². The molecule has 0 unspecified atom stereocenters. The Morgan fingerprint density at radius 3 is 2.68 bits per heavy atom. The van der Waals surface area contributed by atoms with E-state index in [0.29, 0.717) is 46.4 Å². The average Bonchev–Trinajstić information content (AvgIpc) is 3.20. The van der Waals surface area contributed by atoms with Crippen molar-refractivity contribution in [3.05, 3.63) is 75.2 Å². The number of nitrogens with zero attached hydrogens (tertiary/aromatic N) is 2. The summed E-state index contributed by atoms with van der Waals surface area (Å²) in [6, 6.07) is 5.34. The van der Waals surface area contributed by atoms with Gasteiger partial charge < -0.3 is 24.5 Å². The van der Waals surface area contributed by atoms with E-state index in [9.17, 15) is 28.0 Å². The molecule has 0 radical (unpaired) electrons. The predicted molar refractivity (Wildman–Crippen MR) is 142 cm³/mol. The van der Waals surface area contributed by atoms with Gasteiger partial charge in [0.15, 0.2) is 11.6 Å². The molecule has 5 rings (SSSR count). The van der Waals surface area contributed by atoms with Gasteiger partial charge in [-0.05, 0) is 37.5 Å². The molecule has 2 aromatic heterocycles. The summed E-state index contributed by atoms with van der Waals surface area (Å²) in [5.74, 6) is -4.35. The Balaban J connectivity index is 1.50. The second-order valence-electron chi connectivity index (χ2n) is 10.1. The molecule has 2 aliphatic rings. The number of carboxylic acid groups (broad SMARTS) is 1. The number of esters is 2. The summed E-state index contributed by atoms with van der Waals surface area (Å²) in [6.45, 7) is 5.03. The molecule has 3 aromatic rings. The van der Waals surface area contributed by atoms with Gasteiger partial charge in [-0.2, -0.15) is 0 Å². The summed E-state index contributed by atoms with van der Waals surface area (Å²) >= 11 is 0. The second kappa shape index (κ2) is 10.8. The maximum Gasteiger partial charge on any atom is 0.326 e. The first-order chi connectivity index (χ1) is 19.5. The van der Waals surface area contributed by atoms with Crippen LogP contribution >= 0.6 is 0 Å². The number of nitrogens with one attached hydrogen (secondary N) is 1. The standard InChI is InChI=1S/C29H27F2N3O7/c1-3-29(41-26(38)12-32-15(2)5-4-6-24(35)36)11-25(37)40-14-18-19(29)9-23-27-17(13-34(23)28(18)39)7-16-8-20(30)21(31)10-22(16)33-27/h7-10,32H,2-6,11-14H2,1H3,(H,35,36)/t29-/m0/s1. The number of hydrogen-bond donors (Lipinski definition) is 2. The van der Waals surface area contributed by atoms with E-state index in [4.69, 9.17) is 14.6 Å². The van der Waals surface area contributed by atoms with Gasteiger partial charge >= 0.3 is 17.9 Å². The second-order valence-corrected chi connectivity index (χ2v) is 10.1. The van der Waals surface area contributed by atoms with Crippen molar-refractivity contribution >= 4 is 28.8 Å². The van der Waals surface area contributed by atoms with Gasteiger partial charge in [0.05, 0.1) is 35.4 Å². The maximum absolute atomic E-state index is 13.9. The fourth-order valence-corrected chi connectivity index (χ4v) is 5.32. The molecule has 0 saturated carbocycles. The summed E-state index contributed by atoms with van der Waals surface area (Å²) in [4.78, 5) is 54.6. The van der Waals surface area contributed by atoms with Crippen LogP contribution in [-0.4, -0.2) is 39.1 Å². The van der Waals surface area contributed by atoms with E-state index in [0.717, 1.165) is 12.1 Å². The molecule has 2 aliphatic heterocycles. The lowest BCUT2D eigenvalue weighted by atomic mass is 9.85. The number of rotatable bonds is 9. The lowest BCUT2D eigenvalue weighted by molar-refractivity contribution is -0.166. The highest BCUT2D eigenvalue weighted by atomic mass is 19.2. The van der Waals surface area contributed by atoms with Crippen LogP contribution < -0.4 is 10.9 Å². The number of cyclic esters (lactones) is 1. The molecule has 41 heavy (non-hydrogen) atoms. The third kappa shape index (κ3) is 5.29. The van der Waals surface area contributed by atoms with Gasteiger partial charge in [0.1, 0.15) is 18.8 Å². The molecule has 0 spiro atoms. The Labute approximate surface area is 232 Å². The quantitative estimate of drug-likeness (QED) is 0.290. The minimum absolute atomic E-state index is 0.0392. The van der Waals surface area contributed by atoms with E-state index in [2.05, 4.69) is 16.9 Å². The monoisotopic (exact) mass is 567 g/mol. The van der Waals surface area contributed by atoms with Gasteiger partial charge in [-0.3, -0.25) is 19.2 Å². The Morgan fingerprint density at radius 2 is 1.95 bits per heavy atom. The number of carbonyl (C=O) groups excluding carboxylic acids is 2. The smallest absolute Gasteiger partial charge is 0.326 e. The van der Waals surface area contributed by atoms with Crippen LogP contribution in [0.25, 0.3) is 22.3 Å². The molecule has 1 atom stereocenters. The first-order valence-electron chi connectivity index (χ1n) is 13.1. The van der Waals surface area contributed by atoms with Crippen LogP contribution in [0.4, 0.5) is 8.78 Å². The molecule has 0 saturated heterocycles. The van der Waals surface area contributed by atoms with Crippen LogP contribution in [0, 0.1) is 11.6 Å². The average molecular weight is 568 g/mol. The molecule has 10 nitrogen and oxygen atoms in total. The van der Waals surface area contributed by atoms with Crippen LogP contribution in [0.1, 0.15) is 55.7 Å². The summed E-state index contributed by atoms with van der Waals surface area (Å²) in [5, 5.41) is 12.0. The van der Waals surface area contributed by atoms with Crippen molar-refractivity contribution in [2.75, 3.05) is 6.54 Å². The number of pyridine rings is 2. The molecule has 0 fully saturated rings. The molecule has 12 heteroatoms. The lowest BCUT2D eigenvalue weighted by Gasteiger charge is -2.32. The van der Waals surface area contributed by atoms with E-state index in [1.165, 1.54) is 4.57 Å². The molecule has 0 amide bonds. The van der Waals surface area contributed by atoms with E-state index >= 15 is 0 Å². The molecule has 1 aromatic carbocycles. The molecule has 214 valence electrons. The van der Waals surface area contributed by atoms with Crippen molar-refractivity contribution in [3.63, 3.8) is 0 Å². The zero-order valence-corrected chi connectivity index (χ0v) is 22.2. The predicted octanol–water partition coefficient (Wildman–Crippen LogP) is 3.66. The van der Waals surface area contributed by atoms with E-state index in [-0.39, 0.29) is 50.0 Å². The summed E-state index contributed by atoms with van der Waals surface area (Å²) in [7, 11) is 0. The van der Waals surface area contributed by atoms with Gasteiger partial charge in [-0.1, -0.05) is 13.5 Å². The largest absolute Gasteiger partial charge is 0.481 e. The Morgan fingerprint density at radius 1 is 1.20 bits per heavy atom. The molecule has 0 bridgehead atoms. The van der Waals surface area contributed by atoms with E-state index in [1.54, 1.807) is 19.1 Å². The Bertz CT molecular complexity index is 1680. The van der Waals surface area contributed by atoms with Crippen LogP contribution in [-0.2, 0) is 42.6 Å². The van der Waals surface area contributed by atoms with Crippen LogP contribution in [0.5, 0.6) is 0 Å². The van der Waals surface area contributed by atoms with Crippen molar-refractivity contribution < 1.29 is 37.7 Å². The van der Waals surface area contributed by atoms with Gasteiger partial charge in [-0.25, -0.2) is 13.8 Å². The third-order valence-electron chi connectivity index (χ3n) is 7.44. The van der Waals surface area contributed by atoms with E-state index in [1.807, 2.05) is 0 Å². The van der Waals surface area contributed by atoms with Crippen LogP contribution in [0.2, 0.25) is 0 Å². The number of carboxylic acids is 1. The highest BCUT2D eigenvalue weighted by Crippen LogP contribution is 2.41. The number of aliphatic carboxylic acids is 1. The SMILES string of the molecule is C=C(CCCC(=O)O)NCC(=O)O[C@@]1(CC)CC(=O)OCc2c1cc1n(c2=O)Cc2cc3cc(F)c(F)cc3nc2-1. The molecule has 2 N–H and O–H groups in total. The molecule has 4 heterocycles. The topological polar surface area (TPSA) is 137 Å². The zero-order chi connectivity index (χ0) is 29.5. The lowest BCUT2D eigenvalue weighted by Crippen LogP contribution is -2.39. The normalized spacial score (nSPS) is 17.2. The third-order valence-corrected chi connectivity index (χ3v) is 7.44.